The lowest BCUT2D eigenvalue weighted by Gasteiger charge is -2.25. The van der Waals surface area contributed by atoms with E-state index in [0.29, 0.717) is 5.92 Å². The summed E-state index contributed by atoms with van der Waals surface area (Å²) in [5.74, 6) is 2.12. The van der Waals surface area contributed by atoms with Gasteiger partial charge in [-0.25, -0.2) is 0 Å². The Labute approximate surface area is 69.8 Å². The zero-order valence-electron chi connectivity index (χ0n) is 8.09. The minimum absolute atomic E-state index is 0.459. The van der Waals surface area contributed by atoms with Gasteiger partial charge in [-0.15, -0.1) is 0 Å². The fraction of sp³-hybridized carbons (Fsp3) is 1.00. The Hall–Kier alpha value is -0.0400. The van der Waals surface area contributed by atoms with Crippen molar-refractivity contribution in [3.63, 3.8) is 0 Å². The lowest BCUT2D eigenvalue weighted by atomic mass is 9.89. The van der Waals surface area contributed by atoms with Crippen LogP contribution in [0, 0.1) is 17.8 Å². The molecule has 0 aromatic rings. The van der Waals surface area contributed by atoms with Crippen LogP contribution in [0.15, 0.2) is 0 Å². The van der Waals surface area contributed by atoms with Crippen molar-refractivity contribution >= 4 is 0 Å². The highest BCUT2D eigenvalue weighted by atomic mass is 16.3. The van der Waals surface area contributed by atoms with Crippen LogP contribution in [0.1, 0.15) is 40.5 Å². The highest BCUT2D eigenvalue weighted by Gasteiger charge is 2.36. The first-order valence-corrected chi connectivity index (χ1v) is 4.63. The van der Waals surface area contributed by atoms with E-state index in [1.165, 1.54) is 12.8 Å². The molecule has 3 atom stereocenters. The van der Waals surface area contributed by atoms with E-state index in [0.717, 1.165) is 11.8 Å². The van der Waals surface area contributed by atoms with Gasteiger partial charge in [0.25, 0.3) is 0 Å². The molecule has 1 nitrogen and oxygen atoms in total. The Morgan fingerprint density at radius 2 is 1.45 bits per heavy atom. The topological polar surface area (TPSA) is 20.2 Å². The molecule has 1 fully saturated rings. The Balaban J connectivity index is 2.54. The van der Waals surface area contributed by atoms with Crippen molar-refractivity contribution in [1.82, 2.24) is 0 Å². The molecule has 1 saturated carbocycles. The van der Waals surface area contributed by atoms with E-state index in [2.05, 4.69) is 13.8 Å². The fourth-order valence-electron chi connectivity index (χ4n) is 2.04. The average Bonchev–Trinajstić information content (AvgIpc) is 2.11. The van der Waals surface area contributed by atoms with Gasteiger partial charge in [0.15, 0.2) is 0 Å². The average molecular weight is 156 g/mol. The normalized spacial score (nSPS) is 39.5. The Bertz CT molecular complexity index is 124. The van der Waals surface area contributed by atoms with Crippen molar-refractivity contribution in [3.05, 3.63) is 0 Å². The van der Waals surface area contributed by atoms with E-state index >= 15 is 0 Å². The quantitative estimate of drug-likeness (QED) is 0.618. The van der Waals surface area contributed by atoms with Crippen molar-refractivity contribution in [2.75, 3.05) is 0 Å². The third-order valence-corrected chi connectivity index (χ3v) is 3.28. The predicted molar refractivity (Wildman–Crippen MR) is 47.3 cm³/mol. The summed E-state index contributed by atoms with van der Waals surface area (Å²) in [7, 11) is 0. The van der Waals surface area contributed by atoms with Crippen molar-refractivity contribution in [3.8, 4) is 0 Å². The van der Waals surface area contributed by atoms with Gasteiger partial charge in [0.1, 0.15) is 0 Å². The first kappa shape index (κ1) is 9.05. The van der Waals surface area contributed by atoms with Crippen molar-refractivity contribution in [2.24, 2.45) is 17.8 Å². The van der Waals surface area contributed by atoms with Crippen LogP contribution in [0.5, 0.6) is 0 Å². The van der Waals surface area contributed by atoms with Gasteiger partial charge < -0.3 is 5.11 Å². The smallest absolute Gasteiger partial charge is 0.0620 e. The maximum absolute atomic E-state index is 9.75. The molecular formula is C10H20O. The first-order chi connectivity index (χ1) is 4.91. The molecule has 1 N–H and O–H groups in total. The van der Waals surface area contributed by atoms with Crippen molar-refractivity contribution < 1.29 is 5.11 Å². The third kappa shape index (κ3) is 1.96. The van der Waals surface area contributed by atoms with Gasteiger partial charge in [-0.2, -0.15) is 0 Å². The molecule has 0 amide bonds. The molecule has 11 heavy (non-hydrogen) atoms. The lowest BCUT2D eigenvalue weighted by Crippen LogP contribution is -2.28. The van der Waals surface area contributed by atoms with Gasteiger partial charge in [0, 0.05) is 0 Å². The highest BCUT2D eigenvalue weighted by Crippen LogP contribution is 2.40. The van der Waals surface area contributed by atoms with Crippen LogP contribution in [-0.2, 0) is 0 Å². The van der Waals surface area contributed by atoms with E-state index in [1.54, 1.807) is 0 Å². The van der Waals surface area contributed by atoms with Crippen LogP contribution in [0.25, 0.3) is 0 Å². The Kier molecular flexibility index (Phi) is 2.29. The Morgan fingerprint density at radius 3 is 1.64 bits per heavy atom. The predicted octanol–water partition coefficient (Wildman–Crippen LogP) is 2.44. The number of rotatable bonds is 1. The highest BCUT2D eigenvalue weighted by molar-refractivity contribution is 4.87. The summed E-state index contributed by atoms with van der Waals surface area (Å²) >= 11 is 0. The molecule has 66 valence electrons. The minimum atomic E-state index is -0.459. The SMILES string of the molecule is C[C@@H]1C[C@H](C(C)(C)O)C[C@@H]1C. The van der Waals surface area contributed by atoms with Gasteiger partial charge in [0.2, 0.25) is 0 Å². The zero-order valence-corrected chi connectivity index (χ0v) is 8.09. The van der Waals surface area contributed by atoms with Crippen LogP contribution in [0.4, 0.5) is 0 Å². The van der Waals surface area contributed by atoms with E-state index < -0.39 is 5.60 Å². The second-order valence-corrected chi connectivity index (χ2v) is 4.78. The summed E-state index contributed by atoms with van der Waals surface area (Å²) in [6, 6.07) is 0. The lowest BCUT2D eigenvalue weighted by molar-refractivity contribution is 0.0176. The maximum atomic E-state index is 9.75. The second-order valence-electron chi connectivity index (χ2n) is 4.78. The number of hydrogen-bond donors (Lipinski definition) is 1. The largest absolute Gasteiger partial charge is 0.390 e. The van der Waals surface area contributed by atoms with Crippen LogP contribution in [0.3, 0.4) is 0 Å². The third-order valence-electron chi connectivity index (χ3n) is 3.28. The summed E-state index contributed by atoms with van der Waals surface area (Å²) < 4.78 is 0. The second kappa shape index (κ2) is 2.78. The van der Waals surface area contributed by atoms with Crippen molar-refractivity contribution in [2.45, 2.75) is 46.1 Å². The molecule has 0 unspecified atom stereocenters. The Morgan fingerprint density at radius 1 is 1.09 bits per heavy atom. The molecule has 0 aromatic heterocycles. The van der Waals surface area contributed by atoms with Gasteiger partial charge >= 0.3 is 0 Å². The van der Waals surface area contributed by atoms with Gasteiger partial charge in [0.05, 0.1) is 5.60 Å². The minimum Gasteiger partial charge on any atom is -0.390 e. The molecule has 0 spiro atoms. The molecule has 1 aliphatic carbocycles. The molecule has 1 rings (SSSR count). The van der Waals surface area contributed by atoms with Crippen LogP contribution in [0.2, 0.25) is 0 Å². The summed E-state index contributed by atoms with van der Waals surface area (Å²) in [6.45, 7) is 8.44. The molecule has 0 aromatic carbocycles. The molecule has 0 heterocycles. The van der Waals surface area contributed by atoms with E-state index in [1.807, 2.05) is 13.8 Å². The molecule has 1 heteroatoms. The van der Waals surface area contributed by atoms with Gasteiger partial charge in [-0.05, 0) is 44.4 Å². The molecule has 0 bridgehead atoms. The molecular weight excluding hydrogens is 136 g/mol. The van der Waals surface area contributed by atoms with Crippen LogP contribution in [-0.4, -0.2) is 10.7 Å². The van der Waals surface area contributed by atoms with E-state index in [9.17, 15) is 5.11 Å². The monoisotopic (exact) mass is 156 g/mol. The van der Waals surface area contributed by atoms with E-state index in [-0.39, 0.29) is 0 Å². The molecule has 0 radical (unpaired) electrons. The molecule has 1 aliphatic rings. The van der Waals surface area contributed by atoms with Crippen LogP contribution < -0.4 is 0 Å². The van der Waals surface area contributed by atoms with Gasteiger partial charge in [-0.1, -0.05) is 13.8 Å². The summed E-state index contributed by atoms with van der Waals surface area (Å²) in [4.78, 5) is 0. The molecule has 0 saturated heterocycles. The zero-order chi connectivity index (χ0) is 8.65. The summed E-state index contributed by atoms with van der Waals surface area (Å²) in [6.07, 6.45) is 2.40. The summed E-state index contributed by atoms with van der Waals surface area (Å²) in [5.41, 5.74) is -0.459. The van der Waals surface area contributed by atoms with Crippen molar-refractivity contribution in [1.29, 1.82) is 0 Å². The number of aliphatic hydroxyl groups is 1. The fourth-order valence-corrected chi connectivity index (χ4v) is 2.04. The number of hydrogen-bond acceptors (Lipinski definition) is 1. The van der Waals surface area contributed by atoms with E-state index in [4.69, 9.17) is 0 Å². The standard InChI is InChI=1S/C10H20O/c1-7-5-9(6-8(7)2)10(3,4)11/h7-9,11H,5-6H2,1-4H3/t7-,8+,9+. The van der Waals surface area contributed by atoms with Gasteiger partial charge in [-0.3, -0.25) is 0 Å². The first-order valence-electron chi connectivity index (χ1n) is 4.63. The summed E-state index contributed by atoms with van der Waals surface area (Å²) in [5, 5.41) is 9.75. The van der Waals surface area contributed by atoms with Crippen LogP contribution >= 0.6 is 0 Å². The maximum Gasteiger partial charge on any atom is 0.0620 e. The molecule has 0 aliphatic heterocycles.